The fraction of sp³-hybridized carbons (Fsp3) is 0.586. The number of hydrogen-bond donors (Lipinski definition) is 1. The highest BCUT2D eigenvalue weighted by Crippen LogP contribution is 2.40. The Morgan fingerprint density at radius 2 is 1.32 bits per heavy atom. The number of ether oxygens (including phenoxy) is 2. The average Bonchev–Trinajstić information content (AvgIpc) is 2.80. The van der Waals surface area contributed by atoms with E-state index in [1.807, 2.05) is 20.8 Å². The minimum Gasteiger partial charge on any atom is -0.407 e. The molecule has 1 aliphatic heterocycles. The molecule has 1 aliphatic rings. The summed E-state index contributed by atoms with van der Waals surface area (Å²) < 4.78 is 19.9. The summed E-state index contributed by atoms with van der Waals surface area (Å²) in [6, 6.07) is 21.5. The molecule has 0 aromatic heterocycles. The number of aliphatic hydroxyl groups excluding tert-OH is 1. The monoisotopic (exact) mass is 484 g/mol. The first-order valence-corrected chi connectivity index (χ1v) is 14.6. The molecule has 5 atom stereocenters. The Kier molecular flexibility index (Phi) is 8.47. The highest BCUT2D eigenvalue weighted by Gasteiger charge is 2.51. The maximum atomic E-state index is 9.81. The van der Waals surface area contributed by atoms with Gasteiger partial charge >= 0.3 is 0 Å². The van der Waals surface area contributed by atoms with E-state index in [9.17, 15) is 5.11 Å². The molecule has 1 N–H and O–H groups in total. The minimum atomic E-state index is -2.61. The second-order valence-electron chi connectivity index (χ2n) is 11.5. The van der Waals surface area contributed by atoms with Crippen molar-refractivity contribution in [3.8, 4) is 0 Å². The van der Waals surface area contributed by atoms with Crippen LogP contribution >= 0.6 is 0 Å². The van der Waals surface area contributed by atoms with Gasteiger partial charge in [-0.3, -0.25) is 0 Å². The lowest BCUT2D eigenvalue weighted by Crippen LogP contribution is -2.67. The maximum absolute atomic E-state index is 9.81. The van der Waals surface area contributed by atoms with Gasteiger partial charge in [0.1, 0.15) is 0 Å². The summed E-state index contributed by atoms with van der Waals surface area (Å²) in [4.78, 5) is 0. The third-order valence-corrected chi connectivity index (χ3v) is 12.3. The first kappa shape index (κ1) is 27.1. The third-order valence-electron chi connectivity index (χ3n) is 7.27. The molecule has 1 fully saturated rings. The lowest BCUT2D eigenvalue weighted by molar-refractivity contribution is -0.336. The summed E-state index contributed by atoms with van der Waals surface area (Å²) in [5, 5.41) is 12.3. The van der Waals surface area contributed by atoms with Crippen LogP contribution in [-0.2, 0) is 13.9 Å². The van der Waals surface area contributed by atoms with Gasteiger partial charge in [-0.05, 0) is 29.3 Å². The van der Waals surface area contributed by atoms with E-state index in [0.717, 1.165) is 0 Å². The molecule has 0 amide bonds. The lowest BCUT2D eigenvalue weighted by Gasteiger charge is -2.49. The van der Waals surface area contributed by atoms with E-state index in [-0.39, 0.29) is 41.6 Å². The van der Waals surface area contributed by atoms with Gasteiger partial charge in [0.2, 0.25) is 0 Å². The van der Waals surface area contributed by atoms with Gasteiger partial charge in [-0.25, -0.2) is 0 Å². The molecular weight excluding hydrogens is 440 g/mol. The Morgan fingerprint density at radius 1 is 0.882 bits per heavy atom. The summed E-state index contributed by atoms with van der Waals surface area (Å²) in [5.74, 6) is -0.344. The van der Waals surface area contributed by atoms with Crippen LogP contribution in [0, 0.1) is 17.8 Å². The maximum Gasteiger partial charge on any atom is 0.261 e. The molecule has 0 aliphatic carbocycles. The zero-order valence-corrected chi connectivity index (χ0v) is 23.2. The number of aliphatic hydroxyl groups is 1. The van der Waals surface area contributed by atoms with E-state index in [4.69, 9.17) is 13.9 Å². The van der Waals surface area contributed by atoms with E-state index >= 15 is 0 Å². The van der Waals surface area contributed by atoms with Crippen LogP contribution in [0.15, 0.2) is 60.7 Å². The largest absolute Gasteiger partial charge is 0.407 e. The Balaban J connectivity index is 1.95. The molecule has 2 aromatic carbocycles. The fourth-order valence-electron chi connectivity index (χ4n) is 5.57. The molecule has 4 nitrogen and oxygen atoms in total. The molecule has 0 unspecified atom stereocenters. The normalized spacial score (nSPS) is 25.0. The quantitative estimate of drug-likeness (QED) is 0.537. The molecular formula is C29H44O4Si. The van der Waals surface area contributed by atoms with Crippen LogP contribution in [0.4, 0.5) is 0 Å². The minimum absolute atomic E-state index is 0.0269. The Bertz CT molecular complexity index is 854. The summed E-state index contributed by atoms with van der Waals surface area (Å²) in [6.45, 7) is 18.0. The second-order valence-corrected chi connectivity index (χ2v) is 15.8. The lowest BCUT2D eigenvalue weighted by atomic mass is 9.83. The second kappa shape index (κ2) is 10.6. The molecule has 5 heteroatoms. The van der Waals surface area contributed by atoms with Crippen LogP contribution in [0.3, 0.4) is 0 Å². The van der Waals surface area contributed by atoms with E-state index < -0.39 is 14.1 Å². The summed E-state index contributed by atoms with van der Waals surface area (Å²) in [7, 11) is -2.61. The molecule has 0 saturated carbocycles. The van der Waals surface area contributed by atoms with E-state index in [1.54, 1.807) is 0 Å². The first-order chi connectivity index (χ1) is 15.9. The van der Waals surface area contributed by atoms with Crippen molar-refractivity contribution in [2.45, 2.75) is 78.4 Å². The van der Waals surface area contributed by atoms with Crippen LogP contribution in [-0.4, -0.2) is 44.6 Å². The predicted molar refractivity (Wildman–Crippen MR) is 142 cm³/mol. The summed E-state index contributed by atoms with van der Waals surface area (Å²) in [5.41, 5.74) is 0. The van der Waals surface area contributed by atoms with Crippen LogP contribution < -0.4 is 10.4 Å². The van der Waals surface area contributed by atoms with Gasteiger partial charge in [-0.2, -0.15) is 0 Å². The van der Waals surface area contributed by atoms with Gasteiger partial charge in [0.25, 0.3) is 8.32 Å². The highest BCUT2D eigenvalue weighted by molar-refractivity contribution is 6.99. The number of rotatable bonds is 8. The van der Waals surface area contributed by atoms with Crippen LogP contribution in [0.25, 0.3) is 0 Å². The molecule has 0 bridgehead atoms. The number of benzene rings is 2. The number of hydrogen-bond acceptors (Lipinski definition) is 4. The Morgan fingerprint density at radius 3 is 1.74 bits per heavy atom. The zero-order chi connectivity index (χ0) is 25.1. The molecule has 3 rings (SSSR count). The SMILES string of the molecule is C[C@@H]1[C@H]([C@@H](C)CO)OC(C)(C)O[C@@H]1[C@@H](C)CO[Si](c1ccccc1)(c1ccccc1)C(C)(C)C. The van der Waals surface area contributed by atoms with Gasteiger partial charge < -0.3 is 19.0 Å². The smallest absolute Gasteiger partial charge is 0.261 e. The molecule has 0 spiro atoms. The van der Waals surface area contributed by atoms with Crippen molar-refractivity contribution in [1.29, 1.82) is 0 Å². The van der Waals surface area contributed by atoms with Crippen LogP contribution in [0.1, 0.15) is 55.4 Å². The van der Waals surface area contributed by atoms with Crippen LogP contribution in [0.2, 0.25) is 5.04 Å². The van der Waals surface area contributed by atoms with E-state index in [0.29, 0.717) is 6.61 Å². The van der Waals surface area contributed by atoms with Crippen molar-refractivity contribution in [2.75, 3.05) is 13.2 Å². The van der Waals surface area contributed by atoms with E-state index in [2.05, 4.69) is 95.3 Å². The molecule has 1 saturated heterocycles. The highest BCUT2D eigenvalue weighted by atomic mass is 28.4. The van der Waals surface area contributed by atoms with Crippen molar-refractivity contribution in [3.63, 3.8) is 0 Å². The molecule has 188 valence electrons. The molecule has 1 heterocycles. The van der Waals surface area contributed by atoms with Crippen molar-refractivity contribution in [3.05, 3.63) is 60.7 Å². The van der Waals surface area contributed by atoms with Crippen molar-refractivity contribution < 1.29 is 19.0 Å². The van der Waals surface area contributed by atoms with Crippen LogP contribution in [0.5, 0.6) is 0 Å². The third kappa shape index (κ3) is 5.49. The zero-order valence-electron chi connectivity index (χ0n) is 22.2. The molecule has 0 radical (unpaired) electrons. The molecule has 2 aromatic rings. The fourth-order valence-corrected chi connectivity index (χ4v) is 10.2. The van der Waals surface area contributed by atoms with Crippen molar-refractivity contribution in [1.82, 2.24) is 0 Å². The molecule has 34 heavy (non-hydrogen) atoms. The Hall–Kier alpha value is -1.50. The Labute approximate surface area is 207 Å². The topological polar surface area (TPSA) is 47.9 Å². The predicted octanol–water partition coefficient (Wildman–Crippen LogP) is 4.98. The van der Waals surface area contributed by atoms with Gasteiger partial charge in [0, 0.05) is 31.0 Å². The first-order valence-electron chi connectivity index (χ1n) is 12.6. The van der Waals surface area contributed by atoms with Crippen molar-refractivity contribution in [2.24, 2.45) is 17.8 Å². The summed E-state index contributed by atoms with van der Waals surface area (Å²) >= 11 is 0. The van der Waals surface area contributed by atoms with E-state index in [1.165, 1.54) is 10.4 Å². The van der Waals surface area contributed by atoms with Gasteiger partial charge in [0.15, 0.2) is 5.79 Å². The van der Waals surface area contributed by atoms with Gasteiger partial charge in [0.05, 0.1) is 12.2 Å². The van der Waals surface area contributed by atoms with Gasteiger partial charge in [-0.1, -0.05) is 102 Å². The average molecular weight is 485 g/mol. The van der Waals surface area contributed by atoms with Gasteiger partial charge in [-0.15, -0.1) is 0 Å². The van der Waals surface area contributed by atoms with Crippen molar-refractivity contribution >= 4 is 18.7 Å². The summed E-state index contributed by atoms with van der Waals surface area (Å²) in [6.07, 6.45) is -0.0879. The standard InChI is InChI=1S/C29H44O4Si/c1-21(19-30)26-23(3)27(33-29(7,8)32-26)22(2)20-31-34(28(4,5)6,24-15-11-9-12-16-24)25-17-13-10-14-18-25/h9-18,21-23,26-27,30H,19-20H2,1-8H3/t21-,22-,23+,26-,27+/m0/s1.